The molecule has 0 radical (unpaired) electrons. The molecule has 1 aliphatic heterocycles. The third kappa shape index (κ3) is 1.03. The van der Waals surface area contributed by atoms with E-state index in [1.807, 2.05) is 0 Å². The maximum atomic E-state index is 2.24. The number of allylic oxidation sites excluding steroid dienone is 3. The van der Waals surface area contributed by atoms with Gasteiger partial charge in [-0.3, -0.25) is 0 Å². The Kier molecular flexibility index (Phi) is 1.57. The van der Waals surface area contributed by atoms with Crippen molar-refractivity contribution in [3.8, 4) is 0 Å². The second-order valence-corrected chi connectivity index (χ2v) is 2.49. The molecule has 0 aromatic heterocycles. The molecule has 0 aliphatic carbocycles. The van der Waals surface area contributed by atoms with E-state index in [1.165, 1.54) is 0 Å². The number of hydrogen-bond donors (Lipinski definition) is 0. The lowest BCUT2D eigenvalue weighted by Gasteiger charge is -2.10. The number of hydrogen-bond acceptors (Lipinski definition) is 0. The lowest BCUT2D eigenvalue weighted by molar-refractivity contribution is 1.16. The first-order valence-electron chi connectivity index (χ1n) is 3.15. The molecule has 0 aromatic carbocycles. The second kappa shape index (κ2) is 2.21. The SMILES string of the molecule is CB1C=CC=CC1C. The first-order chi connectivity index (χ1) is 3.80. The van der Waals surface area contributed by atoms with E-state index in [2.05, 4.69) is 38.0 Å². The summed E-state index contributed by atoms with van der Waals surface area (Å²) in [6.07, 6.45) is 6.47. The highest BCUT2D eigenvalue weighted by Crippen LogP contribution is 2.15. The first-order valence-corrected chi connectivity index (χ1v) is 3.15. The first kappa shape index (κ1) is 5.68. The van der Waals surface area contributed by atoms with Crippen LogP contribution < -0.4 is 0 Å². The molecule has 1 heterocycles. The van der Waals surface area contributed by atoms with Gasteiger partial charge in [-0.15, -0.1) is 5.98 Å². The van der Waals surface area contributed by atoms with Crippen molar-refractivity contribution in [1.29, 1.82) is 0 Å². The predicted octanol–water partition coefficient (Wildman–Crippen LogP) is 2.17. The van der Waals surface area contributed by atoms with Gasteiger partial charge in [-0.2, -0.15) is 0 Å². The molecule has 0 N–H and O–H groups in total. The average molecular weight is 106 g/mol. The van der Waals surface area contributed by atoms with Crippen LogP contribution in [0, 0.1) is 0 Å². The van der Waals surface area contributed by atoms with Crippen LogP contribution in [-0.4, -0.2) is 6.71 Å². The largest absolute Gasteiger partial charge is 0.170 e. The van der Waals surface area contributed by atoms with E-state index < -0.39 is 0 Å². The number of rotatable bonds is 0. The van der Waals surface area contributed by atoms with Crippen LogP contribution in [0.4, 0.5) is 0 Å². The van der Waals surface area contributed by atoms with Crippen LogP contribution in [-0.2, 0) is 0 Å². The zero-order chi connectivity index (χ0) is 5.98. The van der Waals surface area contributed by atoms with E-state index in [0.717, 1.165) is 12.5 Å². The molecule has 8 heavy (non-hydrogen) atoms. The maximum absolute atomic E-state index is 2.24. The van der Waals surface area contributed by atoms with Crippen LogP contribution in [0.2, 0.25) is 12.6 Å². The lowest BCUT2D eigenvalue weighted by Crippen LogP contribution is -2.10. The summed E-state index contributed by atoms with van der Waals surface area (Å²) >= 11 is 0. The summed E-state index contributed by atoms with van der Waals surface area (Å²) < 4.78 is 0. The molecule has 1 unspecified atom stereocenters. The molecule has 0 amide bonds. The van der Waals surface area contributed by atoms with Crippen LogP contribution in [0.3, 0.4) is 0 Å². The molecular formula is C7H11B. The summed E-state index contributed by atoms with van der Waals surface area (Å²) in [5, 5.41) is 0. The zero-order valence-corrected chi connectivity index (χ0v) is 5.46. The summed E-state index contributed by atoms with van der Waals surface area (Å²) in [6.45, 7) is 5.22. The molecule has 0 saturated heterocycles. The molecule has 0 bridgehead atoms. The fraction of sp³-hybridized carbons (Fsp3) is 0.429. The maximum Gasteiger partial charge on any atom is 0.170 e. The van der Waals surface area contributed by atoms with Crippen LogP contribution >= 0.6 is 0 Å². The monoisotopic (exact) mass is 106 g/mol. The third-order valence-corrected chi connectivity index (χ3v) is 1.77. The molecule has 0 spiro atoms. The van der Waals surface area contributed by atoms with Gasteiger partial charge in [-0.1, -0.05) is 32.0 Å². The van der Waals surface area contributed by atoms with Gasteiger partial charge in [0.2, 0.25) is 0 Å². The fourth-order valence-electron chi connectivity index (χ4n) is 0.829. The van der Waals surface area contributed by atoms with Crippen molar-refractivity contribution in [3.05, 3.63) is 24.2 Å². The van der Waals surface area contributed by atoms with Gasteiger partial charge in [0, 0.05) is 0 Å². The zero-order valence-electron chi connectivity index (χ0n) is 5.46. The lowest BCUT2D eigenvalue weighted by atomic mass is 9.42. The predicted molar refractivity (Wildman–Crippen MR) is 39.3 cm³/mol. The third-order valence-electron chi connectivity index (χ3n) is 1.77. The van der Waals surface area contributed by atoms with Crippen molar-refractivity contribution in [2.75, 3.05) is 0 Å². The molecule has 1 atom stereocenters. The minimum Gasteiger partial charge on any atom is -0.115 e. The van der Waals surface area contributed by atoms with Gasteiger partial charge in [0.15, 0.2) is 6.71 Å². The van der Waals surface area contributed by atoms with Crippen molar-refractivity contribution in [1.82, 2.24) is 0 Å². The highest BCUT2D eigenvalue weighted by molar-refractivity contribution is 6.65. The average Bonchev–Trinajstić information content (AvgIpc) is 1.77. The van der Waals surface area contributed by atoms with Gasteiger partial charge in [0.1, 0.15) is 0 Å². The van der Waals surface area contributed by atoms with Crippen LogP contribution in [0.15, 0.2) is 24.2 Å². The van der Waals surface area contributed by atoms with Crippen LogP contribution in [0.1, 0.15) is 6.92 Å². The standard InChI is InChI=1S/C7H11B/c1-7-5-3-4-6-8(7)2/h3-7H,1-2H3. The molecule has 0 saturated carbocycles. The molecule has 0 fully saturated rings. The summed E-state index contributed by atoms with van der Waals surface area (Å²) in [5.74, 6) is 2.98. The van der Waals surface area contributed by atoms with Crippen molar-refractivity contribution in [2.45, 2.75) is 19.6 Å². The summed E-state index contributed by atoms with van der Waals surface area (Å²) in [4.78, 5) is 0. The minimum absolute atomic E-state index is 0.736. The highest BCUT2D eigenvalue weighted by atomic mass is 13.9. The van der Waals surface area contributed by atoms with Gasteiger partial charge < -0.3 is 0 Å². The summed E-state index contributed by atoms with van der Waals surface area (Å²) in [6, 6.07) is 0. The van der Waals surface area contributed by atoms with Crippen molar-refractivity contribution in [2.24, 2.45) is 0 Å². The van der Waals surface area contributed by atoms with E-state index in [0.29, 0.717) is 0 Å². The van der Waals surface area contributed by atoms with Crippen LogP contribution in [0.5, 0.6) is 0 Å². The van der Waals surface area contributed by atoms with Gasteiger partial charge in [-0.05, 0) is 5.82 Å². The van der Waals surface area contributed by atoms with Gasteiger partial charge in [-0.25, -0.2) is 0 Å². The Morgan fingerprint density at radius 1 is 1.38 bits per heavy atom. The molecule has 0 aromatic rings. The fourth-order valence-corrected chi connectivity index (χ4v) is 0.829. The van der Waals surface area contributed by atoms with E-state index >= 15 is 0 Å². The van der Waals surface area contributed by atoms with Crippen molar-refractivity contribution < 1.29 is 0 Å². The normalized spacial score (nSPS) is 26.8. The summed E-state index contributed by atoms with van der Waals surface area (Å²) in [7, 11) is 0. The molecule has 1 aliphatic rings. The molecule has 42 valence electrons. The molecule has 0 nitrogen and oxygen atoms in total. The Morgan fingerprint density at radius 3 is 2.50 bits per heavy atom. The Bertz CT molecular complexity index is 108. The topological polar surface area (TPSA) is 0 Å². The quantitative estimate of drug-likeness (QED) is 0.415. The Balaban J connectivity index is 2.59. The molecule has 1 rings (SSSR count). The van der Waals surface area contributed by atoms with E-state index in [9.17, 15) is 0 Å². The van der Waals surface area contributed by atoms with E-state index in [4.69, 9.17) is 0 Å². The van der Waals surface area contributed by atoms with E-state index in [-0.39, 0.29) is 0 Å². The van der Waals surface area contributed by atoms with E-state index in [1.54, 1.807) is 0 Å². The molecular weight excluding hydrogens is 94.9 g/mol. The van der Waals surface area contributed by atoms with Crippen molar-refractivity contribution in [3.63, 3.8) is 0 Å². The summed E-state index contributed by atoms with van der Waals surface area (Å²) in [5.41, 5.74) is 0. The van der Waals surface area contributed by atoms with Crippen LogP contribution in [0.25, 0.3) is 0 Å². The Labute approximate surface area is 51.4 Å². The van der Waals surface area contributed by atoms with Gasteiger partial charge in [0.05, 0.1) is 0 Å². The second-order valence-electron chi connectivity index (χ2n) is 2.49. The Hall–Kier alpha value is -0.455. The molecule has 1 heteroatoms. The van der Waals surface area contributed by atoms with Crippen molar-refractivity contribution >= 4 is 6.71 Å². The smallest absolute Gasteiger partial charge is 0.115 e. The van der Waals surface area contributed by atoms with Gasteiger partial charge >= 0.3 is 0 Å². The Morgan fingerprint density at radius 2 is 2.12 bits per heavy atom. The minimum atomic E-state index is 0.736. The van der Waals surface area contributed by atoms with Gasteiger partial charge in [0.25, 0.3) is 0 Å². The highest BCUT2D eigenvalue weighted by Gasteiger charge is 2.10.